The molecule has 3 N–H and O–H groups in total. The first-order chi connectivity index (χ1) is 10.5. The van der Waals surface area contributed by atoms with E-state index in [2.05, 4.69) is 4.72 Å². The molecular formula is C15H24N2O4S. The minimum absolute atomic E-state index is 0.0932. The third kappa shape index (κ3) is 3.71. The van der Waals surface area contributed by atoms with Gasteiger partial charge in [0, 0.05) is 12.1 Å². The van der Waals surface area contributed by atoms with Gasteiger partial charge in [0.1, 0.15) is 16.4 Å². The van der Waals surface area contributed by atoms with Gasteiger partial charge in [-0.15, -0.1) is 0 Å². The van der Waals surface area contributed by atoms with Crippen LogP contribution in [-0.4, -0.2) is 35.2 Å². The van der Waals surface area contributed by atoms with E-state index >= 15 is 0 Å². The number of nitrogens with one attached hydrogen (secondary N) is 1. The van der Waals surface area contributed by atoms with E-state index in [4.69, 9.17) is 15.2 Å². The van der Waals surface area contributed by atoms with Gasteiger partial charge in [-0.2, -0.15) is 0 Å². The fraction of sp³-hybridized carbons (Fsp3) is 0.600. The van der Waals surface area contributed by atoms with Gasteiger partial charge in [-0.1, -0.05) is 12.8 Å². The third-order valence-electron chi connectivity index (χ3n) is 4.18. The van der Waals surface area contributed by atoms with Gasteiger partial charge in [-0.3, -0.25) is 0 Å². The van der Waals surface area contributed by atoms with Crippen molar-refractivity contribution >= 4 is 10.0 Å². The summed E-state index contributed by atoms with van der Waals surface area (Å²) in [7, 11) is -0.743. The second kappa shape index (κ2) is 7.30. The second-order valence-electron chi connectivity index (χ2n) is 5.52. The van der Waals surface area contributed by atoms with Crippen LogP contribution in [0.2, 0.25) is 0 Å². The van der Waals surface area contributed by atoms with Crippen molar-refractivity contribution in [3.63, 3.8) is 0 Å². The summed E-state index contributed by atoms with van der Waals surface area (Å²) in [6.07, 6.45) is 3.88. The van der Waals surface area contributed by atoms with Crippen LogP contribution in [0.1, 0.15) is 25.7 Å². The molecular weight excluding hydrogens is 304 g/mol. The van der Waals surface area contributed by atoms with Gasteiger partial charge in [0.15, 0.2) is 0 Å². The van der Waals surface area contributed by atoms with Crippen LogP contribution in [0, 0.1) is 5.92 Å². The average molecular weight is 328 g/mol. The summed E-state index contributed by atoms with van der Waals surface area (Å²) in [5.41, 5.74) is 5.77. The molecule has 2 unspecified atom stereocenters. The molecule has 0 amide bonds. The Hall–Kier alpha value is -1.31. The molecule has 124 valence electrons. The van der Waals surface area contributed by atoms with Crippen molar-refractivity contribution in [1.82, 2.24) is 4.72 Å². The van der Waals surface area contributed by atoms with Crippen LogP contribution >= 0.6 is 0 Å². The van der Waals surface area contributed by atoms with Gasteiger partial charge in [-0.05, 0) is 37.4 Å². The largest absolute Gasteiger partial charge is 0.497 e. The van der Waals surface area contributed by atoms with Crippen LogP contribution in [0.4, 0.5) is 0 Å². The van der Waals surface area contributed by atoms with Crippen LogP contribution in [0.25, 0.3) is 0 Å². The van der Waals surface area contributed by atoms with E-state index in [1.165, 1.54) is 20.3 Å². The zero-order valence-corrected chi connectivity index (χ0v) is 13.9. The van der Waals surface area contributed by atoms with E-state index in [-0.39, 0.29) is 16.9 Å². The Morgan fingerprint density at radius 3 is 2.59 bits per heavy atom. The minimum atomic E-state index is -3.69. The molecule has 6 nitrogen and oxygen atoms in total. The molecule has 0 saturated heterocycles. The third-order valence-corrected chi connectivity index (χ3v) is 5.69. The van der Waals surface area contributed by atoms with Crippen molar-refractivity contribution in [2.45, 2.75) is 36.6 Å². The molecule has 22 heavy (non-hydrogen) atoms. The van der Waals surface area contributed by atoms with Crippen molar-refractivity contribution < 1.29 is 17.9 Å². The van der Waals surface area contributed by atoms with Crippen molar-refractivity contribution in [3.8, 4) is 11.5 Å². The van der Waals surface area contributed by atoms with Crippen molar-refractivity contribution in [2.24, 2.45) is 11.7 Å². The Morgan fingerprint density at radius 1 is 1.23 bits per heavy atom. The zero-order valence-electron chi connectivity index (χ0n) is 13.0. The summed E-state index contributed by atoms with van der Waals surface area (Å²) >= 11 is 0. The van der Waals surface area contributed by atoms with Gasteiger partial charge >= 0.3 is 0 Å². The first-order valence-electron chi connectivity index (χ1n) is 7.46. The average Bonchev–Trinajstić information content (AvgIpc) is 2.54. The zero-order chi connectivity index (χ0) is 16.2. The van der Waals surface area contributed by atoms with E-state index in [0.29, 0.717) is 18.0 Å². The number of methoxy groups -OCH3 is 2. The summed E-state index contributed by atoms with van der Waals surface area (Å²) in [6, 6.07) is 4.61. The molecule has 0 spiro atoms. The molecule has 7 heteroatoms. The monoisotopic (exact) mass is 328 g/mol. The summed E-state index contributed by atoms with van der Waals surface area (Å²) in [6.45, 7) is 0.489. The SMILES string of the molecule is COc1ccc(OC)c(S(=O)(=O)NC2CCCCC2CN)c1. The number of nitrogens with two attached hydrogens (primary N) is 1. The summed E-state index contributed by atoms with van der Waals surface area (Å²) < 4.78 is 38.5. The van der Waals surface area contributed by atoms with Crippen LogP contribution in [-0.2, 0) is 10.0 Å². The van der Waals surface area contributed by atoms with Gasteiger partial charge in [0.25, 0.3) is 0 Å². The topological polar surface area (TPSA) is 90.6 Å². The number of benzene rings is 1. The second-order valence-corrected chi connectivity index (χ2v) is 7.21. The minimum Gasteiger partial charge on any atom is -0.497 e. The van der Waals surface area contributed by atoms with Gasteiger partial charge < -0.3 is 15.2 Å². The maximum atomic E-state index is 12.7. The molecule has 1 aromatic carbocycles. The highest BCUT2D eigenvalue weighted by molar-refractivity contribution is 7.89. The number of hydrogen-bond acceptors (Lipinski definition) is 5. The molecule has 0 aliphatic heterocycles. The van der Waals surface area contributed by atoms with E-state index in [1.807, 2.05) is 0 Å². The van der Waals surface area contributed by atoms with E-state index in [1.54, 1.807) is 12.1 Å². The summed E-state index contributed by atoms with van der Waals surface area (Å²) in [5.74, 6) is 0.953. The van der Waals surface area contributed by atoms with Crippen LogP contribution in [0.5, 0.6) is 11.5 Å². The molecule has 2 rings (SSSR count). The highest BCUT2D eigenvalue weighted by Crippen LogP contribution is 2.30. The first-order valence-corrected chi connectivity index (χ1v) is 8.94. The lowest BCUT2D eigenvalue weighted by Crippen LogP contribution is -2.44. The summed E-state index contributed by atoms with van der Waals surface area (Å²) in [5, 5.41) is 0. The molecule has 0 heterocycles. The van der Waals surface area contributed by atoms with Crippen LogP contribution < -0.4 is 19.9 Å². The maximum Gasteiger partial charge on any atom is 0.244 e. The lowest BCUT2D eigenvalue weighted by atomic mass is 9.85. The van der Waals surface area contributed by atoms with Crippen LogP contribution in [0.3, 0.4) is 0 Å². The highest BCUT2D eigenvalue weighted by atomic mass is 32.2. The maximum absolute atomic E-state index is 12.7. The Morgan fingerprint density at radius 2 is 1.95 bits per heavy atom. The lowest BCUT2D eigenvalue weighted by Gasteiger charge is -2.31. The fourth-order valence-electron chi connectivity index (χ4n) is 2.90. The lowest BCUT2D eigenvalue weighted by molar-refractivity contribution is 0.295. The first kappa shape index (κ1) is 17.1. The molecule has 0 radical (unpaired) electrons. The Labute approximate surface area is 132 Å². The molecule has 1 fully saturated rings. The standard InChI is InChI=1S/C15H24N2O4S/c1-20-12-7-8-14(21-2)15(9-12)22(18,19)17-13-6-4-3-5-11(13)10-16/h7-9,11,13,17H,3-6,10,16H2,1-2H3. The molecule has 1 aromatic rings. The molecule has 0 bridgehead atoms. The van der Waals surface area contributed by atoms with E-state index in [0.717, 1.165) is 25.7 Å². The normalized spacial score (nSPS) is 22.3. The molecule has 1 aliphatic rings. The predicted molar refractivity (Wildman–Crippen MR) is 84.7 cm³/mol. The van der Waals surface area contributed by atoms with E-state index < -0.39 is 10.0 Å². The van der Waals surface area contributed by atoms with Crippen molar-refractivity contribution in [3.05, 3.63) is 18.2 Å². The molecule has 0 aromatic heterocycles. The molecule has 1 aliphatic carbocycles. The van der Waals surface area contributed by atoms with Gasteiger partial charge in [-0.25, -0.2) is 13.1 Å². The fourth-order valence-corrected chi connectivity index (χ4v) is 4.43. The highest BCUT2D eigenvalue weighted by Gasteiger charge is 2.30. The molecule has 2 atom stereocenters. The van der Waals surface area contributed by atoms with E-state index in [9.17, 15) is 8.42 Å². The number of rotatable bonds is 6. The predicted octanol–water partition coefficient (Wildman–Crippen LogP) is 1.50. The Kier molecular flexibility index (Phi) is 5.66. The number of ether oxygens (including phenoxy) is 2. The quantitative estimate of drug-likeness (QED) is 0.826. The van der Waals surface area contributed by atoms with Crippen LogP contribution in [0.15, 0.2) is 23.1 Å². The number of sulfonamides is 1. The summed E-state index contributed by atoms with van der Waals surface area (Å²) in [4.78, 5) is 0.0932. The Balaban J connectivity index is 2.29. The van der Waals surface area contributed by atoms with Gasteiger partial charge in [0.2, 0.25) is 10.0 Å². The number of hydrogen-bond donors (Lipinski definition) is 2. The van der Waals surface area contributed by atoms with Gasteiger partial charge in [0.05, 0.1) is 14.2 Å². The molecule has 1 saturated carbocycles. The smallest absolute Gasteiger partial charge is 0.244 e. The Bertz CT molecular complexity index is 604. The van der Waals surface area contributed by atoms with Crippen molar-refractivity contribution in [2.75, 3.05) is 20.8 Å². The van der Waals surface area contributed by atoms with Crippen molar-refractivity contribution in [1.29, 1.82) is 0 Å².